The second kappa shape index (κ2) is 4.72. The molecule has 1 amide bonds. The fourth-order valence-electron chi connectivity index (χ4n) is 1.80. The van der Waals surface area contributed by atoms with Crippen molar-refractivity contribution in [3.05, 3.63) is 0 Å². The van der Waals surface area contributed by atoms with Crippen LogP contribution in [0.3, 0.4) is 0 Å². The molecule has 1 aliphatic heterocycles. The van der Waals surface area contributed by atoms with E-state index in [-0.39, 0.29) is 18.1 Å². The lowest BCUT2D eigenvalue weighted by atomic mass is 10.1. The molecule has 1 heterocycles. The minimum absolute atomic E-state index is 0.137. The molecule has 5 heteroatoms. The number of amides is 1. The van der Waals surface area contributed by atoms with E-state index in [1.165, 1.54) is 0 Å². The van der Waals surface area contributed by atoms with Gasteiger partial charge < -0.3 is 5.11 Å². The average Bonchev–Trinajstić information content (AvgIpc) is 2.47. The lowest BCUT2D eigenvalue weighted by Crippen LogP contribution is -2.39. The van der Waals surface area contributed by atoms with E-state index in [4.69, 9.17) is 5.84 Å². The summed E-state index contributed by atoms with van der Waals surface area (Å²) in [6.07, 6.45) is 0.119. The van der Waals surface area contributed by atoms with Gasteiger partial charge >= 0.3 is 0 Å². The summed E-state index contributed by atoms with van der Waals surface area (Å²) in [5, 5.41) is 9.54. The molecule has 0 aliphatic carbocycles. The Kier molecular flexibility index (Phi) is 3.86. The van der Waals surface area contributed by atoms with E-state index >= 15 is 0 Å². The first-order chi connectivity index (χ1) is 6.54. The van der Waals surface area contributed by atoms with Gasteiger partial charge in [0, 0.05) is 25.6 Å². The molecule has 1 saturated heterocycles. The fourth-order valence-corrected chi connectivity index (χ4v) is 1.80. The number of nitrogens with two attached hydrogens (primary N) is 1. The Balaban J connectivity index is 2.39. The van der Waals surface area contributed by atoms with E-state index in [0.717, 1.165) is 6.54 Å². The van der Waals surface area contributed by atoms with E-state index in [1.807, 2.05) is 13.8 Å². The number of aliphatic hydroxyl groups excluding tert-OH is 1. The topological polar surface area (TPSA) is 78.6 Å². The van der Waals surface area contributed by atoms with Crippen molar-refractivity contribution in [1.29, 1.82) is 0 Å². The zero-order chi connectivity index (χ0) is 10.7. The molecule has 0 bridgehead atoms. The third-order valence-corrected chi connectivity index (χ3v) is 2.87. The molecule has 0 aromatic heterocycles. The van der Waals surface area contributed by atoms with Crippen LogP contribution < -0.4 is 11.3 Å². The molecule has 0 spiro atoms. The van der Waals surface area contributed by atoms with Crippen molar-refractivity contribution in [2.75, 3.05) is 13.1 Å². The Morgan fingerprint density at radius 3 is 2.79 bits per heavy atom. The molecule has 82 valence electrons. The summed E-state index contributed by atoms with van der Waals surface area (Å²) >= 11 is 0. The first kappa shape index (κ1) is 11.4. The highest BCUT2D eigenvalue weighted by atomic mass is 16.3. The molecule has 3 unspecified atom stereocenters. The highest BCUT2D eigenvalue weighted by Gasteiger charge is 2.31. The Labute approximate surface area is 84.2 Å². The van der Waals surface area contributed by atoms with Crippen LogP contribution in [0, 0.1) is 5.92 Å². The molecule has 3 atom stereocenters. The van der Waals surface area contributed by atoms with Crippen LogP contribution in [0.4, 0.5) is 0 Å². The van der Waals surface area contributed by atoms with E-state index in [1.54, 1.807) is 0 Å². The zero-order valence-electron chi connectivity index (χ0n) is 8.73. The Morgan fingerprint density at radius 1 is 1.71 bits per heavy atom. The molecule has 1 rings (SSSR count). The normalized spacial score (nSPS) is 30.3. The van der Waals surface area contributed by atoms with Gasteiger partial charge in [-0.25, -0.2) is 5.84 Å². The number of hydrogen-bond acceptors (Lipinski definition) is 4. The fraction of sp³-hybridized carbons (Fsp3) is 0.889. The first-order valence-electron chi connectivity index (χ1n) is 4.96. The maximum absolute atomic E-state index is 11.0. The molecule has 0 aromatic carbocycles. The predicted octanol–water partition coefficient (Wildman–Crippen LogP) is -0.932. The Morgan fingerprint density at radius 2 is 2.36 bits per heavy atom. The number of nitrogens with one attached hydrogen (secondary N) is 1. The smallest absolute Gasteiger partial charge is 0.235 e. The summed E-state index contributed by atoms with van der Waals surface area (Å²) in [6, 6.07) is 0.137. The second-order valence-corrected chi connectivity index (χ2v) is 4.12. The van der Waals surface area contributed by atoms with Gasteiger partial charge in [-0.1, -0.05) is 6.92 Å². The molecule has 0 radical (unpaired) electrons. The SMILES string of the molecule is CC1CN(C(C)CC(=O)NN)CC1O. The van der Waals surface area contributed by atoms with Gasteiger partial charge in [0.05, 0.1) is 6.10 Å². The van der Waals surface area contributed by atoms with Crippen LogP contribution in [0.25, 0.3) is 0 Å². The standard InChI is InChI=1S/C9H19N3O2/c1-6-4-12(5-8(6)13)7(2)3-9(14)11-10/h6-8,13H,3-5,10H2,1-2H3,(H,11,14). The quantitative estimate of drug-likeness (QED) is 0.313. The van der Waals surface area contributed by atoms with Gasteiger partial charge in [-0.05, 0) is 12.8 Å². The van der Waals surface area contributed by atoms with Gasteiger partial charge in [-0.3, -0.25) is 15.1 Å². The number of hydrazine groups is 1. The third-order valence-electron chi connectivity index (χ3n) is 2.87. The van der Waals surface area contributed by atoms with Crippen molar-refractivity contribution < 1.29 is 9.90 Å². The third kappa shape index (κ3) is 2.67. The molecular formula is C9H19N3O2. The maximum Gasteiger partial charge on any atom is 0.235 e. The summed E-state index contributed by atoms with van der Waals surface area (Å²) in [5.74, 6) is 5.14. The zero-order valence-corrected chi connectivity index (χ0v) is 8.73. The van der Waals surface area contributed by atoms with Crippen molar-refractivity contribution >= 4 is 5.91 Å². The molecule has 1 fully saturated rings. The number of aliphatic hydroxyl groups is 1. The van der Waals surface area contributed by atoms with Crippen LogP contribution in [-0.4, -0.2) is 41.1 Å². The molecule has 1 aliphatic rings. The highest BCUT2D eigenvalue weighted by Crippen LogP contribution is 2.19. The van der Waals surface area contributed by atoms with Gasteiger partial charge in [0.1, 0.15) is 0 Å². The summed E-state index contributed by atoms with van der Waals surface area (Å²) < 4.78 is 0. The van der Waals surface area contributed by atoms with Gasteiger partial charge in [0.25, 0.3) is 0 Å². The van der Waals surface area contributed by atoms with Crippen LogP contribution in [0.5, 0.6) is 0 Å². The summed E-state index contributed by atoms with van der Waals surface area (Å²) in [5.41, 5.74) is 2.11. The Hall–Kier alpha value is -0.650. The number of hydrogen-bond donors (Lipinski definition) is 3. The van der Waals surface area contributed by atoms with Crippen LogP contribution in [0.1, 0.15) is 20.3 Å². The largest absolute Gasteiger partial charge is 0.391 e. The second-order valence-electron chi connectivity index (χ2n) is 4.12. The lowest BCUT2D eigenvalue weighted by molar-refractivity contribution is -0.122. The van der Waals surface area contributed by atoms with Gasteiger partial charge in [0.15, 0.2) is 0 Å². The lowest BCUT2D eigenvalue weighted by Gasteiger charge is -2.22. The number of likely N-dealkylation sites (tertiary alicyclic amines) is 1. The minimum Gasteiger partial charge on any atom is -0.391 e. The van der Waals surface area contributed by atoms with Gasteiger partial charge in [0.2, 0.25) is 5.91 Å². The van der Waals surface area contributed by atoms with Gasteiger partial charge in [-0.15, -0.1) is 0 Å². The molecule has 0 saturated carbocycles. The highest BCUT2D eigenvalue weighted by molar-refractivity contribution is 5.75. The van der Waals surface area contributed by atoms with Crippen LogP contribution in [0.15, 0.2) is 0 Å². The van der Waals surface area contributed by atoms with Crippen molar-refractivity contribution in [2.24, 2.45) is 11.8 Å². The predicted molar refractivity (Wildman–Crippen MR) is 53.2 cm³/mol. The molecule has 14 heavy (non-hydrogen) atoms. The number of nitrogens with zero attached hydrogens (tertiary/aromatic N) is 1. The Bertz CT molecular complexity index is 200. The van der Waals surface area contributed by atoms with Crippen molar-refractivity contribution in [3.63, 3.8) is 0 Å². The minimum atomic E-state index is -0.265. The summed E-state index contributed by atoms with van der Waals surface area (Å²) in [6.45, 7) is 5.49. The van der Waals surface area contributed by atoms with Crippen molar-refractivity contribution in [2.45, 2.75) is 32.4 Å². The molecule has 4 N–H and O–H groups in total. The van der Waals surface area contributed by atoms with Crippen LogP contribution in [0.2, 0.25) is 0 Å². The monoisotopic (exact) mass is 201 g/mol. The van der Waals surface area contributed by atoms with Crippen LogP contribution >= 0.6 is 0 Å². The summed E-state index contributed by atoms with van der Waals surface area (Å²) in [7, 11) is 0. The maximum atomic E-state index is 11.0. The number of rotatable bonds is 3. The van der Waals surface area contributed by atoms with E-state index in [0.29, 0.717) is 18.9 Å². The van der Waals surface area contributed by atoms with E-state index in [9.17, 15) is 9.90 Å². The number of β-amino-alcohol motifs (C(OH)–C–C–N with tert-alkyl or cyclic N) is 1. The first-order valence-corrected chi connectivity index (χ1v) is 4.96. The number of carbonyl (C=O) groups is 1. The van der Waals surface area contributed by atoms with Crippen molar-refractivity contribution in [1.82, 2.24) is 10.3 Å². The van der Waals surface area contributed by atoms with Crippen LogP contribution in [-0.2, 0) is 4.79 Å². The molecule has 0 aromatic rings. The molecule has 5 nitrogen and oxygen atoms in total. The van der Waals surface area contributed by atoms with E-state index < -0.39 is 0 Å². The average molecular weight is 201 g/mol. The van der Waals surface area contributed by atoms with E-state index in [2.05, 4.69) is 10.3 Å². The van der Waals surface area contributed by atoms with Crippen molar-refractivity contribution in [3.8, 4) is 0 Å². The number of carbonyl (C=O) groups excluding carboxylic acids is 1. The molecular weight excluding hydrogens is 182 g/mol. The summed E-state index contributed by atoms with van der Waals surface area (Å²) in [4.78, 5) is 13.1. The van der Waals surface area contributed by atoms with Gasteiger partial charge in [-0.2, -0.15) is 0 Å².